The summed E-state index contributed by atoms with van der Waals surface area (Å²) in [6.45, 7) is 21.2. The zero-order chi connectivity index (χ0) is 63.2. The quantitative estimate of drug-likeness (QED) is 0.0176. The fourth-order valence-corrected chi connectivity index (χ4v) is 17.5. The molecule has 0 bridgehead atoms. The molecular weight excluding hydrogens is 1270 g/mol. The van der Waals surface area contributed by atoms with Crippen LogP contribution >= 0.6 is 42.5 Å². The van der Waals surface area contributed by atoms with Crippen molar-refractivity contribution in [2.75, 3.05) is 59.3 Å². The molecule has 490 valence electrons. The summed E-state index contributed by atoms with van der Waals surface area (Å²) in [6.07, 6.45) is 30.6. The molecule has 17 nitrogen and oxygen atoms in total. The van der Waals surface area contributed by atoms with Gasteiger partial charge in [-0.25, -0.2) is 0 Å². The van der Waals surface area contributed by atoms with Gasteiger partial charge in [0, 0.05) is 7.92 Å². The molecule has 0 atom stereocenters. The molecule has 3 fully saturated rings. The molecule has 1 aromatic carbocycles. The van der Waals surface area contributed by atoms with E-state index in [-0.39, 0.29) is 47.5 Å². The molecule has 23 heteroatoms. The van der Waals surface area contributed by atoms with E-state index in [0.717, 1.165) is 5.56 Å². The van der Waals surface area contributed by atoms with Crippen molar-refractivity contribution in [3.63, 3.8) is 0 Å². The molecule has 0 radical (unpaired) electrons. The fourth-order valence-electron chi connectivity index (χ4n) is 8.30. The molecule has 3 saturated carbocycles. The molecule has 0 saturated heterocycles. The van der Waals surface area contributed by atoms with E-state index in [9.17, 15) is 28.3 Å². The van der Waals surface area contributed by atoms with Crippen LogP contribution in [0.25, 0.3) is 0 Å². The average Bonchev–Trinajstić information content (AvgIpc) is 3.63. The summed E-state index contributed by atoms with van der Waals surface area (Å²) in [5.74, 6) is -2.04. The van der Waals surface area contributed by atoms with Gasteiger partial charge in [0.2, 0.25) is 27.2 Å². The molecule has 3 N–H and O–H groups in total. The normalized spacial score (nSPS) is 15.9. The Hall–Kier alpha value is -2.00. The van der Waals surface area contributed by atoms with Crippen LogP contribution in [0.1, 0.15) is 185 Å². The van der Waals surface area contributed by atoms with Crippen molar-refractivity contribution in [3.8, 4) is 0 Å². The van der Waals surface area contributed by atoms with Gasteiger partial charge in [-0.15, -0.1) is 6.58 Å². The van der Waals surface area contributed by atoms with E-state index >= 15 is 0 Å². The number of halogens is 2. The van der Waals surface area contributed by atoms with Crippen molar-refractivity contribution in [1.82, 2.24) is 0 Å². The van der Waals surface area contributed by atoms with E-state index < -0.39 is 101 Å². The second kappa shape index (κ2) is 45.3. The number of carbonyl (C=O) groups is 4. The van der Waals surface area contributed by atoms with Gasteiger partial charge in [0.15, 0.2) is 0 Å². The van der Waals surface area contributed by atoms with E-state index in [1.165, 1.54) is 47.4 Å². The SMILES string of the molecule is C1CCC([PH+](C2CCCCC2)C2CCCCC2)CC1.C=CCP(=O)(OCOC(=O)C(C)(C)C)OCOC(=O)C(C)(C)C.CC(C)(C)C(=O)OCOP(=O)(C/C=C/CO)OCOC(=O)C(C)(C)C.OC/C=C\CO.[CH3-].[Cl][Ru]([Cl])=[CH]c1ccccc1. The minimum absolute atomic E-state index is 0. The van der Waals surface area contributed by atoms with Crippen LogP contribution < -0.4 is 0 Å². The van der Waals surface area contributed by atoms with Gasteiger partial charge in [-0.05, 0) is 160 Å². The molecule has 0 aliphatic heterocycles. The predicted molar refractivity (Wildman–Crippen MR) is 339 cm³/mol. The monoisotopic (exact) mass is 1380 g/mol. The summed E-state index contributed by atoms with van der Waals surface area (Å²) in [5.41, 5.74) is 1.94. The summed E-state index contributed by atoms with van der Waals surface area (Å²) in [7, 11) is 3.96. The third kappa shape index (κ3) is 40.5. The maximum atomic E-state index is 12.6. The molecule has 4 rings (SSSR count). The number of aliphatic hydroxyl groups excluding tert-OH is 3. The minimum atomic E-state index is -3.72. The standard InChI is InChI=1S/C18H33P.C16H29O8P.C15H27O7P.C7H6.C4H8O2.CH3.2ClH.Ru/c1-4-10-16(11-5-1)19(17-12-6-2-7-13-17)18-14-8-3-9-15-18;1-15(2,3)13(18)21-11-23-25(20,10-8-7-9-17)24-12-22-14(19)16(4,5)6;1-8-9-23(18,21-10-19-12(16)14(2,3)4)22-11-20-13(17)15(5,6)7;1-7-5-3-2-4-6-7;5-3-1-2-4-6;;;;/h16-18H,1-15H2;7-8,17H,9-12H2,1-6H3;8H,1,9-11H2,2-7H3;1-6H;1-2,5-6H,3-4H2;1H3;2*1H;/q;;;;;-1;;;+2/p-1/b;8-7+;;;2-1-;;;;. The van der Waals surface area contributed by atoms with Crippen LogP contribution in [0, 0.1) is 29.1 Å². The Morgan fingerprint density at radius 2 is 0.786 bits per heavy atom. The molecule has 3 aliphatic rings. The summed E-state index contributed by atoms with van der Waals surface area (Å²) < 4.78 is 66.6. The van der Waals surface area contributed by atoms with E-state index in [0.29, 0.717) is 0 Å². The number of hydrogen-bond donors (Lipinski definition) is 3. The Kier molecular flexibility index (Phi) is 45.3. The van der Waals surface area contributed by atoms with Crippen molar-refractivity contribution >= 4 is 71.0 Å². The van der Waals surface area contributed by atoms with E-state index in [2.05, 4.69) is 6.58 Å². The van der Waals surface area contributed by atoms with Crippen molar-refractivity contribution in [2.24, 2.45) is 21.7 Å². The fraction of sp³-hybridized carbons (Fsp3) is 0.705. The number of carbonyl (C=O) groups excluding carboxylic acids is 4. The summed E-state index contributed by atoms with van der Waals surface area (Å²) in [6, 6.07) is 9.89. The average molecular weight is 1380 g/mol. The Balaban J connectivity index is 0. The first-order valence-corrected chi connectivity index (χ1v) is 39.4. The Morgan fingerprint density at radius 3 is 1.04 bits per heavy atom. The Bertz CT molecular complexity index is 2040. The maximum absolute atomic E-state index is 12.6. The molecule has 3 aliphatic carbocycles. The first-order chi connectivity index (χ1) is 38.8. The number of aliphatic hydroxyl groups is 3. The van der Waals surface area contributed by atoms with Crippen LogP contribution in [0.4, 0.5) is 0 Å². The van der Waals surface area contributed by atoms with Gasteiger partial charge in [0.1, 0.15) is 0 Å². The molecule has 84 heavy (non-hydrogen) atoms. The molecule has 0 amide bonds. The third-order valence-electron chi connectivity index (χ3n) is 12.8. The second-order valence-electron chi connectivity index (χ2n) is 24.3. The van der Waals surface area contributed by atoms with Crippen LogP contribution in [-0.2, 0) is 78.9 Å². The molecule has 0 spiro atoms. The number of benzene rings is 1. The summed E-state index contributed by atoms with van der Waals surface area (Å²) in [4.78, 5) is 46.6. The van der Waals surface area contributed by atoms with Gasteiger partial charge in [0.25, 0.3) is 0 Å². The molecule has 0 aromatic heterocycles. The first kappa shape index (κ1) is 84.1. The van der Waals surface area contributed by atoms with Crippen LogP contribution in [0.5, 0.6) is 0 Å². The number of esters is 4. The van der Waals surface area contributed by atoms with Gasteiger partial charge in [-0.1, -0.05) is 49.6 Å². The van der Waals surface area contributed by atoms with Crippen LogP contribution in [0.15, 0.2) is 67.3 Å². The van der Waals surface area contributed by atoms with Crippen molar-refractivity contribution < 1.29 is 94.2 Å². The summed E-state index contributed by atoms with van der Waals surface area (Å²) >= 11 is -1.61. The zero-order valence-corrected chi connectivity index (χ0v) is 58.9. The van der Waals surface area contributed by atoms with Gasteiger partial charge in [0.05, 0.1) is 70.8 Å². The molecule has 1 aromatic rings. The number of rotatable bonds is 23. The number of allylic oxidation sites excluding steroid dienone is 2. The molecule has 0 unspecified atom stereocenters. The van der Waals surface area contributed by atoms with Crippen molar-refractivity contribution in [3.05, 3.63) is 80.3 Å². The van der Waals surface area contributed by atoms with Crippen molar-refractivity contribution in [2.45, 2.75) is 196 Å². The van der Waals surface area contributed by atoms with Gasteiger partial charge < -0.3 is 41.7 Å². The van der Waals surface area contributed by atoms with Gasteiger partial charge >= 0.3 is 112 Å². The topological polar surface area (TPSA) is 237 Å². The zero-order valence-electron chi connectivity index (χ0n) is 52.8. The third-order valence-corrected chi connectivity index (χ3v) is 22.6. The molecular formula is C61H107Cl2O17P3Ru. The Morgan fingerprint density at radius 1 is 0.512 bits per heavy atom. The van der Waals surface area contributed by atoms with Gasteiger partial charge in [-0.3, -0.25) is 46.4 Å². The first-order valence-electron chi connectivity index (χ1n) is 28.7. The van der Waals surface area contributed by atoms with E-state index in [4.69, 9.17) is 71.7 Å². The van der Waals surface area contributed by atoms with Crippen LogP contribution in [-0.4, -0.2) is 120 Å². The second-order valence-corrected chi connectivity index (χ2v) is 37.7. The molecule has 0 heterocycles. The predicted octanol–water partition coefficient (Wildman–Crippen LogP) is 15.3. The van der Waals surface area contributed by atoms with Crippen molar-refractivity contribution in [1.29, 1.82) is 0 Å². The number of hydrogen-bond acceptors (Lipinski definition) is 17. The van der Waals surface area contributed by atoms with Crippen LogP contribution in [0.2, 0.25) is 0 Å². The number of ether oxygens (including phenoxy) is 4. The van der Waals surface area contributed by atoms with Crippen LogP contribution in [0.3, 0.4) is 0 Å². The van der Waals surface area contributed by atoms with E-state index in [1.54, 1.807) is 179 Å². The van der Waals surface area contributed by atoms with Gasteiger partial charge in [-0.2, -0.15) is 0 Å². The summed E-state index contributed by atoms with van der Waals surface area (Å²) in [5, 5.41) is 24.7. The van der Waals surface area contributed by atoms with E-state index in [1.807, 2.05) is 34.9 Å². The Labute approximate surface area is 519 Å².